The third kappa shape index (κ3) is 7.97. The first kappa shape index (κ1) is 20.0. The van der Waals surface area contributed by atoms with Gasteiger partial charge in [0.15, 0.2) is 0 Å². The topological polar surface area (TPSA) is 32.8 Å². The molecule has 2 heteroatoms. The Labute approximate surface area is 139 Å². The maximum absolute atomic E-state index is 9.09. The molecule has 1 heterocycles. The third-order valence-electron chi connectivity index (χ3n) is 5.44. The second-order valence-corrected chi connectivity index (χ2v) is 8.46. The zero-order valence-electron chi connectivity index (χ0n) is 15.7. The Kier molecular flexibility index (Phi) is 9.01. The quantitative estimate of drug-likeness (QED) is 0.451. The van der Waals surface area contributed by atoms with Gasteiger partial charge in [-0.25, -0.2) is 0 Å². The van der Waals surface area contributed by atoms with Crippen molar-refractivity contribution in [1.29, 1.82) is 0 Å². The highest BCUT2D eigenvalue weighted by atomic mass is 16.6. The smallest absolute Gasteiger partial charge is 0.110 e. The van der Waals surface area contributed by atoms with Crippen LogP contribution >= 0.6 is 0 Å². The van der Waals surface area contributed by atoms with E-state index in [0.29, 0.717) is 0 Å². The lowest BCUT2D eigenvalue weighted by atomic mass is 9.90. The summed E-state index contributed by atoms with van der Waals surface area (Å²) < 4.78 is 5.55. The highest BCUT2D eigenvalue weighted by molar-refractivity contribution is 4.98. The van der Waals surface area contributed by atoms with Crippen molar-refractivity contribution in [2.45, 2.75) is 104 Å². The minimum absolute atomic E-state index is 0.0145. The van der Waals surface area contributed by atoms with E-state index >= 15 is 0 Å². The molecule has 0 amide bonds. The van der Waals surface area contributed by atoms with E-state index in [1.165, 1.54) is 51.4 Å². The van der Waals surface area contributed by atoms with E-state index in [4.69, 9.17) is 9.84 Å². The van der Waals surface area contributed by atoms with Crippen LogP contribution in [-0.2, 0) is 4.74 Å². The maximum atomic E-state index is 9.09. The maximum Gasteiger partial charge on any atom is 0.110 e. The Balaban J connectivity index is 1.96. The van der Waals surface area contributed by atoms with Crippen LogP contribution in [0, 0.1) is 17.8 Å². The molecule has 0 spiro atoms. The Morgan fingerprint density at radius 1 is 0.864 bits per heavy atom. The summed E-state index contributed by atoms with van der Waals surface area (Å²) in [6.45, 7) is 11.8. The Bertz CT molecular complexity index is 289. The van der Waals surface area contributed by atoms with Gasteiger partial charge in [-0.15, -0.1) is 0 Å². The average Bonchev–Trinajstić information content (AvgIpc) is 3.09. The highest BCUT2D eigenvalue weighted by Crippen LogP contribution is 2.40. The van der Waals surface area contributed by atoms with Crippen molar-refractivity contribution in [2.75, 3.05) is 6.61 Å². The number of hydrogen-bond acceptors (Lipinski definition) is 2. The van der Waals surface area contributed by atoms with Gasteiger partial charge in [-0.05, 0) is 31.1 Å². The Hall–Kier alpha value is -0.0800. The second kappa shape index (κ2) is 9.93. The van der Waals surface area contributed by atoms with Crippen LogP contribution in [0.5, 0.6) is 0 Å². The van der Waals surface area contributed by atoms with Crippen LogP contribution in [0.2, 0.25) is 0 Å². The van der Waals surface area contributed by atoms with Crippen LogP contribution in [0.3, 0.4) is 0 Å². The number of hydrogen-bond donors (Lipinski definition) is 1. The minimum atomic E-state index is -0.0145. The number of rotatable bonds is 13. The van der Waals surface area contributed by atoms with E-state index in [9.17, 15) is 0 Å². The van der Waals surface area contributed by atoms with Gasteiger partial charge in [-0.3, -0.25) is 0 Å². The molecule has 1 fully saturated rings. The average molecular weight is 313 g/mol. The molecule has 1 N–H and O–H groups in total. The predicted molar refractivity (Wildman–Crippen MR) is 95.1 cm³/mol. The number of aliphatic hydroxyl groups is 1. The van der Waals surface area contributed by atoms with Gasteiger partial charge in [-0.2, -0.15) is 0 Å². The van der Waals surface area contributed by atoms with Gasteiger partial charge in [-0.1, -0.05) is 79.1 Å². The van der Waals surface area contributed by atoms with Crippen molar-refractivity contribution in [3.8, 4) is 0 Å². The predicted octanol–water partition coefficient (Wildman–Crippen LogP) is 5.58. The summed E-state index contributed by atoms with van der Waals surface area (Å²) in [4.78, 5) is 0. The molecule has 2 nitrogen and oxygen atoms in total. The van der Waals surface area contributed by atoms with Crippen molar-refractivity contribution < 1.29 is 9.84 Å². The number of aliphatic hydroxyl groups excluding tert-OH is 1. The molecule has 0 radical (unpaired) electrons. The van der Waals surface area contributed by atoms with Crippen molar-refractivity contribution in [1.82, 2.24) is 0 Å². The zero-order valence-corrected chi connectivity index (χ0v) is 15.7. The van der Waals surface area contributed by atoms with E-state index in [1.54, 1.807) is 0 Å². The summed E-state index contributed by atoms with van der Waals surface area (Å²) in [5.74, 6) is 2.59. The van der Waals surface area contributed by atoms with Gasteiger partial charge in [0.1, 0.15) is 6.10 Å². The van der Waals surface area contributed by atoms with E-state index < -0.39 is 0 Å². The van der Waals surface area contributed by atoms with E-state index in [2.05, 4.69) is 34.6 Å². The molecule has 0 aromatic heterocycles. The second-order valence-electron chi connectivity index (χ2n) is 8.46. The molecule has 0 aliphatic carbocycles. The van der Waals surface area contributed by atoms with Crippen molar-refractivity contribution in [2.24, 2.45) is 17.8 Å². The summed E-state index contributed by atoms with van der Waals surface area (Å²) in [7, 11) is 0. The van der Waals surface area contributed by atoms with E-state index in [1.807, 2.05) is 0 Å². The molecule has 1 saturated heterocycles. The standard InChI is InChI=1S/C20H40O2/c1-16(2)9-6-10-17(3)11-7-12-18(4)13-8-14-20(5)19(15-21)22-20/h16-19,21H,6-15H2,1-5H3/t17-,18+,19-,20?/m1/s1. The zero-order chi connectivity index (χ0) is 16.6. The van der Waals surface area contributed by atoms with Gasteiger partial charge in [0.2, 0.25) is 0 Å². The molecule has 132 valence electrons. The van der Waals surface area contributed by atoms with E-state index in [-0.39, 0.29) is 18.3 Å². The van der Waals surface area contributed by atoms with Crippen LogP contribution in [0.4, 0.5) is 0 Å². The van der Waals surface area contributed by atoms with Gasteiger partial charge >= 0.3 is 0 Å². The summed E-state index contributed by atoms with van der Waals surface area (Å²) >= 11 is 0. The van der Waals surface area contributed by atoms with Gasteiger partial charge in [0.05, 0.1) is 12.2 Å². The largest absolute Gasteiger partial charge is 0.394 e. The molecule has 1 rings (SSSR count). The minimum Gasteiger partial charge on any atom is -0.394 e. The summed E-state index contributed by atoms with van der Waals surface area (Å²) in [5, 5.41) is 9.09. The van der Waals surface area contributed by atoms with Gasteiger partial charge < -0.3 is 9.84 Å². The molecule has 1 aliphatic heterocycles. The van der Waals surface area contributed by atoms with Crippen molar-refractivity contribution in [3.63, 3.8) is 0 Å². The Morgan fingerprint density at radius 3 is 1.82 bits per heavy atom. The fraction of sp³-hybridized carbons (Fsp3) is 1.00. The lowest BCUT2D eigenvalue weighted by Gasteiger charge is -2.15. The van der Waals surface area contributed by atoms with Gasteiger partial charge in [0.25, 0.3) is 0 Å². The van der Waals surface area contributed by atoms with E-state index in [0.717, 1.165) is 24.2 Å². The fourth-order valence-electron chi connectivity index (χ4n) is 3.52. The monoisotopic (exact) mass is 312 g/mol. The first-order valence-electron chi connectivity index (χ1n) is 9.66. The van der Waals surface area contributed by atoms with Crippen LogP contribution in [0.1, 0.15) is 92.4 Å². The lowest BCUT2D eigenvalue weighted by molar-refractivity contribution is 0.234. The normalized spacial score (nSPS) is 27.1. The summed E-state index contributed by atoms with van der Waals surface area (Å²) in [5.41, 5.74) is -0.0145. The Morgan fingerprint density at radius 2 is 1.36 bits per heavy atom. The highest BCUT2D eigenvalue weighted by Gasteiger charge is 2.50. The molecule has 0 saturated carbocycles. The molecular formula is C20H40O2. The molecule has 4 atom stereocenters. The SMILES string of the molecule is CC(C)CCC[C@@H](C)CCC[C@H](C)CCCC1(C)O[C@@H]1CO. The summed E-state index contributed by atoms with van der Waals surface area (Å²) in [6.07, 6.45) is 12.1. The molecule has 0 aromatic carbocycles. The van der Waals surface area contributed by atoms with Crippen LogP contribution in [0.15, 0.2) is 0 Å². The van der Waals surface area contributed by atoms with Crippen molar-refractivity contribution in [3.05, 3.63) is 0 Å². The first-order valence-corrected chi connectivity index (χ1v) is 9.66. The fourth-order valence-corrected chi connectivity index (χ4v) is 3.52. The molecule has 1 unspecified atom stereocenters. The van der Waals surface area contributed by atoms with Gasteiger partial charge in [0, 0.05) is 0 Å². The molecule has 1 aliphatic rings. The number of epoxide rings is 1. The third-order valence-corrected chi connectivity index (χ3v) is 5.44. The first-order chi connectivity index (χ1) is 10.4. The molecule has 0 aromatic rings. The van der Waals surface area contributed by atoms with Crippen molar-refractivity contribution >= 4 is 0 Å². The molecule has 0 bridgehead atoms. The van der Waals surface area contributed by atoms with Crippen LogP contribution < -0.4 is 0 Å². The lowest BCUT2D eigenvalue weighted by Crippen LogP contribution is -2.12. The molecule has 22 heavy (non-hydrogen) atoms. The molecular weight excluding hydrogens is 272 g/mol. The van der Waals surface area contributed by atoms with Crippen LogP contribution in [0.25, 0.3) is 0 Å². The number of ether oxygens (including phenoxy) is 1. The summed E-state index contributed by atoms with van der Waals surface area (Å²) in [6, 6.07) is 0. The van der Waals surface area contributed by atoms with Crippen LogP contribution in [-0.4, -0.2) is 23.4 Å².